The zero-order valence-corrected chi connectivity index (χ0v) is 16.7. The SMILES string of the molecule is Cc1cc2c(s1)Nc1ccccc1N=C2N1CCN[C@@H](Cc2ccccn2)C1. The maximum atomic E-state index is 5.10. The van der Waals surface area contributed by atoms with Gasteiger partial charge in [-0.15, -0.1) is 11.3 Å². The molecule has 1 aromatic carbocycles. The molecule has 0 amide bonds. The topological polar surface area (TPSA) is 52.6 Å². The number of aliphatic imine (C=N–C) groups is 1. The van der Waals surface area contributed by atoms with Crippen LogP contribution >= 0.6 is 11.3 Å². The van der Waals surface area contributed by atoms with Gasteiger partial charge in [0, 0.05) is 48.9 Å². The van der Waals surface area contributed by atoms with Crippen LogP contribution in [-0.4, -0.2) is 41.4 Å². The van der Waals surface area contributed by atoms with E-state index in [1.165, 1.54) is 15.4 Å². The number of hydrogen-bond donors (Lipinski definition) is 2. The maximum Gasteiger partial charge on any atom is 0.139 e. The number of para-hydroxylation sites is 2. The Morgan fingerprint density at radius 2 is 2.07 bits per heavy atom. The van der Waals surface area contributed by atoms with E-state index in [2.05, 4.69) is 63.8 Å². The van der Waals surface area contributed by atoms with Crippen molar-refractivity contribution in [3.05, 3.63) is 70.9 Å². The van der Waals surface area contributed by atoms with Gasteiger partial charge in [0.1, 0.15) is 10.8 Å². The number of pyridine rings is 1. The fourth-order valence-corrected chi connectivity index (χ4v) is 4.83. The lowest BCUT2D eigenvalue weighted by Crippen LogP contribution is -2.53. The quantitative estimate of drug-likeness (QED) is 0.693. The molecule has 0 saturated carbocycles. The second-order valence-electron chi connectivity index (χ2n) is 7.30. The van der Waals surface area contributed by atoms with Gasteiger partial charge in [-0.2, -0.15) is 0 Å². The Bertz CT molecular complexity index is 1010. The van der Waals surface area contributed by atoms with Gasteiger partial charge < -0.3 is 15.5 Å². The third-order valence-corrected chi connectivity index (χ3v) is 6.18. The number of amidine groups is 1. The molecule has 2 aromatic heterocycles. The molecular weight excluding hydrogens is 366 g/mol. The number of hydrogen-bond acceptors (Lipinski definition) is 6. The lowest BCUT2D eigenvalue weighted by molar-refractivity contribution is 0.289. The summed E-state index contributed by atoms with van der Waals surface area (Å²) in [6, 6.07) is 17.0. The van der Waals surface area contributed by atoms with Gasteiger partial charge in [0.2, 0.25) is 0 Å². The van der Waals surface area contributed by atoms with Crippen molar-refractivity contribution in [1.29, 1.82) is 0 Å². The Labute approximate surface area is 169 Å². The molecule has 142 valence electrons. The third-order valence-electron chi connectivity index (χ3n) is 5.21. The summed E-state index contributed by atoms with van der Waals surface area (Å²) in [5.41, 5.74) is 4.40. The number of fused-ring (bicyclic) bond motifs is 2. The number of piperazine rings is 1. The lowest BCUT2D eigenvalue weighted by atomic mass is 10.1. The third kappa shape index (κ3) is 3.41. The van der Waals surface area contributed by atoms with Gasteiger partial charge in [-0.3, -0.25) is 4.98 Å². The average Bonchev–Trinajstić information content (AvgIpc) is 3.00. The summed E-state index contributed by atoms with van der Waals surface area (Å²) in [4.78, 5) is 13.3. The Hall–Kier alpha value is -2.70. The smallest absolute Gasteiger partial charge is 0.139 e. The van der Waals surface area contributed by atoms with Crippen molar-refractivity contribution in [2.24, 2.45) is 4.99 Å². The summed E-state index contributed by atoms with van der Waals surface area (Å²) in [5.74, 6) is 1.07. The fraction of sp³-hybridized carbons (Fsp3) is 0.273. The van der Waals surface area contributed by atoms with Crippen molar-refractivity contribution in [3.8, 4) is 0 Å². The predicted molar refractivity (Wildman–Crippen MR) is 116 cm³/mol. The van der Waals surface area contributed by atoms with E-state index in [1.54, 1.807) is 11.3 Å². The molecule has 2 aliphatic heterocycles. The fourth-order valence-electron chi connectivity index (χ4n) is 3.91. The van der Waals surface area contributed by atoms with E-state index in [0.717, 1.165) is 49.0 Å². The van der Waals surface area contributed by atoms with E-state index in [9.17, 15) is 0 Å². The molecular formula is C22H23N5S. The monoisotopic (exact) mass is 389 g/mol. The van der Waals surface area contributed by atoms with Crippen molar-refractivity contribution in [2.45, 2.75) is 19.4 Å². The van der Waals surface area contributed by atoms with Crippen LogP contribution in [0.15, 0.2) is 59.7 Å². The first-order chi connectivity index (χ1) is 13.8. The second-order valence-corrected chi connectivity index (χ2v) is 8.56. The van der Waals surface area contributed by atoms with Gasteiger partial charge in [0.25, 0.3) is 0 Å². The first kappa shape index (κ1) is 17.4. The van der Waals surface area contributed by atoms with E-state index in [-0.39, 0.29) is 0 Å². The molecule has 1 atom stereocenters. The molecule has 1 saturated heterocycles. The second kappa shape index (κ2) is 7.37. The normalized spacial score (nSPS) is 18.5. The van der Waals surface area contributed by atoms with Gasteiger partial charge >= 0.3 is 0 Å². The van der Waals surface area contributed by atoms with Gasteiger partial charge in [-0.05, 0) is 37.3 Å². The van der Waals surface area contributed by atoms with Crippen LogP contribution in [0.1, 0.15) is 16.1 Å². The standard InChI is InChI=1S/C22H23N5S/c1-15-12-18-21(25-19-7-2-3-8-20(19)26-22(18)28-15)27-11-10-24-17(14-27)13-16-6-4-5-9-23-16/h2-9,12,17,24,26H,10-11,13-14H2,1H3/t17-/m0/s1. The molecule has 0 spiro atoms. The number of rotatable bonds is 2. The van der Waals surface area contributed by atoms with Gasteiger partial charge in [-0.1, -0.05) is 18.2 Å². The highest BCUT2D eigenvalue weighted by atomic mass is 32.1. The Morgan fingerprint density at radius 1 is 1.18 bits per heavy atom. The molecule has 0 aliphatic carbocycles. The van der Waals surface area contributed by atoms with Crippen LogP contribution in [0.2, 0.25) is 0 Å². The van der Waals surface area contributed by atoms with Crippen LogP contribution in [0.25, 0.3) is 0 Å². The van der Waals surface area contributed by atoms with E-state index in [4.69, 9.17) is 4.99 Å². The zero-order chi connectivity index (χ0) is 18.9. The number of aryl methyl sites for hydroxylation is 1. The van der Waals surface area contributed by atoms with Crippen molar-refractivity contribution >= 4 is 33.5 Å². The van der Waals surface area contributed by atoms with Crippen LogP contribution < -0.4 is 10.6 Å². The summed E-state index contributed by atoms with van der Waals surface area (Å²) < 4.78 is 0. The Kier molecular flexibility index (Phi) is 4.58. The maximum absolute atomic E-state index is 5.10. The predicted octanol–water partition coefficient (Wildman–Crippen LogP) is 4.10. The minimum absolute atomic E-state index is 0.362. The molecule has 4 heterocycles. The van der Waals surface area contributed by atoms with Crippen LogP contribution in [0, 0.1) is 6.92 Å². The highest BCUT2D eigenvalue weighted by Crippen LogP contribution is 2.39. The molecule has 1 fully saturated rings. The zero-order valence-electron chi connectivity index (χ0n) is 15.9. The van der Waals surface area contributed by atoms with Crippen LogP contribution in [-0.2, 0) is 6.42 Å². The lowest BCUT2D eigenvalue weighted by Gasteiger charge is -2.35. The molecule has 0 bridgehead atoms. The largest absolute Gasteiger partial charge is 0.353 e. The van der Waals surface area contributed by atoms with Crippen molar-refractivity contribution < 1.29 is 0 Å². The number of aromatic nitrogens is 1. The summed E-state index contributed by atoms with van der Waals surface area (Å²) in [6.45, 7) is 4.98. The minimum Gasteiger partial charge on any atom is -0.353 e. The molecule has 0 unspecified atom stereocenters. The number of thiophene rings is 1. The van der Waals surface area contributed by atoms with E-state index < -0.39 is 0 Å². The molecule has 5 nitrogen and oxygen atoms in total. The van der Waals surface area contributed by atoms with Crippen LogP contribution in [0.3, 0.4) is 0 Å². The number of nitrogens with zero attached hydrogens (tertiary/aromatic N) is 3. The number of anilines is 2. The summed E-state index contributed by atoms with van der Waals surface area (Å²) in [5, 5.41) is 8.43. The van der Waals surface area contributed by atoms with E-state index in [0.29, 0.717) is 6.04 Å². The highest BCUT2D eigenvalue weighted by molar-refractivity contribution is 7.16. The van der Waals surface area contributed by atoms with Crippen molar-refractivity contribution in [1.82, 2.24) is 15.2 Å². The first-order valence-electron chi connectivity index (χ1n) is 9.70. The summed E-state index contributed by atoms with van der Waals surface area (Å²) >= 11 is 1.79. The van der Waals surface area contributed by atoms with E-state index >= 15 is 0 Å². The van der Waals surface area contributed by atoms with E-state index in [1.807, 2.05) is 18.3 Å². The molecule has 3 aromatic rings. The molecule has 6 heteroatoms. The minimum atomic E-state index is 0.362. The van der Waals surface area contributed by atoms with Gasteiger partial charge in [0.05, 0.1) is 16.9 Å². The average molecular weight is 390 g/mol. The summed E-state index contributed by atoms with van der Waals surface area (Å²) in [7, 11) is 0. The molecule has 5 rings (SSSR count). The Balaban J connectivity index is 1.47. The molecule has 2 N–H and O–H groups in total. The van der Waals surface area contributed by atoms with Crippen LogP contribution in [0.5, 0.6) is 0 Å². The van der Waals surface area contributed by atoms with Crippen molar-refractivity contribution in [2.75, 3.05) is 25.0 Å². The number of benzene rings is 1. The Morgan fingerprint density at radius 3 is 2.96 bits per heavy atom. The number of nitrogens with one attached hydrogen (secondary N) is 2. The molecule has 0 radical (unpaired) electrons. The molecule has 2 aliphatic rings. The van der Waals surface area contributed by atoms with Crippen LogP contribution in [0.4, 0.5) is 16.4 Å². The van der Waals surface area contributed by atoms with Gasteiger partial charge in [0.15, 0.2) is 0 Å². The first-order valence-corrected chi connectivity index (χ1v) is 10.5. The highest BCUT2D eigenvalue weighted by Gasteiger charge is 2.27. The summed E-state index contributed by atoms with van der Waals surface area (Å²) in [6.07, 6.45) is 2.79. The molecule has 28 heavy (non-hydrogen) atoms. The van der Waals surface area contributed by atoms with Crippen molar-refractivity contribution in [3.63, 3.8) is 0 Å². The van der Waals surface area contributed by atoms with Gasteiger partial charge in [-0.25, -0.2) is 4.99 Å².